The molecule has 2 heterocycles. The zero-order valence-electron chi connectivity index (χ0n) is 9.49. The van der Waals surface area contributed by atoms with Gasteiger partial charge in [0.25, 0.3) is 0 Å². The third-order valence-corrected chi connectivity index (χ3v) is 2.70. The van der Waals surface area contributed by atoms with Gasteiger partial charge in [0.2, 0.25) is 0 Å². The molecular formula is C12H17N3. The highest BCUT2D eigenvalue weighted by molar-refractivity contribution is 5.76. The second-order valence-corrected chi connectivity index (χ2v) is 4.08. The Balaban J connectivity index is 2.36. The van der Waals surface area contributed by atoms with Crippen LogP contribution in [-0.4, -0.2) is 22.6 Å². The molecule has 15 heavy (non-hydrogen) atoms. The Hall–Kier alpha value is -1.35. The van der Waals surface area contributed by atoms with Crippen molar-refractivity contribution in [2.45, 2.75) is 26.4 Å². The molecule has 0 aliphatic heterocycles. The van der Waals surface area contributed by atoms with Gasteiger partial charge in [-0.25, -0.2) is 4.98 Å². The maximum atomic E-state index is 4.46. The smallest absolute Gasteiger partial charge is 0.139 e. The molecule has 1 N–H and O–H groups in total. The van der Waals surface area contributed by atoms with Crippen molar-refractivity contribution in [2.24, 2.45) is 0 Å². The third-order valence-electron chi connectivity index (χ3n) is 2.70. The number of nitrogens with one attached hydrogen (secondary N) is 1. The molecule has 2 rings (SSSR count). The number of aryl methyl sites for hydroxylation is 1. The van der Waals surface area contributed by atoms with Gasteiger partial charge in [-0.3, -0.25) is 0 Å². The number of fused-ring (bicyclic) bond motifs is 1. The van der Waals surface area contributed by atoms with Crippen LogP contribution in [0, 0.1) is 6.92 Å². The predicted octanol–water partition coefficient (Wildman–Crippen LogP) is 1.95. The van der Waals surface area contributed by atoms with E-state index < -0.39 is 0 Å². The Morgan fingerprint density at radius 2 is 2.33 bits per heavy atom. The maximum absolute atomic E-state index is 4.46. The molecule has 2 aromatic rings. The average Bonchev–Trinajstić information content (AvgIpc) is 2.60. The summed E-state index contributed by atoms with van der Waals surface area (Å²) >= 11 is 0. The van der Waals surface area contributed by atoms with E-state index in [1.165, 1.54) is 10.9 Å². The molecule has 2 aromatic heterocycles. The van der Waals surface area contributed by atoms with Gasteiger partial charge in [-0.15, -0.1) is 0 Å². The van der Waals surface area contributed by atoms with Crippen LogP contribution in [0.15, 0.2) is 24.5 Å². The van der Waals surface area contributed by atoms with Gasteiger partial charge >= 0.3 is 0 Å². The molecule has 3 heteroatoms. The molecule has 0 saturated carbocycles. The Morgan fingerprint density at radius 1 is 1.53 bits per heavy atom. The first kappa shape index (κ1) is 10.2. The predicted molar refractivity (Wildman–Crippen MR) is 63.0 cm³/mol. The van der Waals surface area contributed by atoms with Crippen LogP contribution in [-0.2, 0) is 6.54 Å². The first-order valence-electron chi connectivity index (χ1n) is 5.29. The van der Waals surface area contributed by atoms with Crippen LogP contribution in [0.5, 0.6) is 0 Å². The van der Waals surface area contributed by atoms with Gasteiger partial charge in [0.05, 0.1) is 0 Å². The first-order valence-corrected chi connectivity index (χ1v) is 5.29. The second kappa shape index (κ2) is 4.03. The van der Waals surface area contributed by atoms with Crippen molar-refractivity contribution in [2.75, 3.05) is 7.05 Å². The van der Waals surface area contributed by atoms with Crippen LogP contribution < -0.4 is 5.32 Å². The Kier molecular flexibility index (Phi) is 2.73. The standard InChI is InChI=1S/C12H17N3/c1-9-6-11-4-5-15(8-10(2)13-3)12(11)14-7-9/h4-7,10,13H,8H2,1-3H3/t10-/m1/s1. The highest BCUT2D eigenvalue weighted by Gasteiger charge is 2.05. The minimum atomic E-state index is 0.462. The summed E-state index contributed by atoms with van der Waals surface area (Å²) in [5.74, 6) is 0. The van der Waals surface area contributed by atoms with Gasteiger partial charge < -0.3 is 9.88 Å². The molecule has 0 aliphatic carbocycles. The molecule has 0 spiro atoms. The Morgan fingerprint density at radius 3 is 3.07 bits per heavy atom. The van der Waals surface area contributed by atoms with Gasteiger partial charge in [-0.2, -0.15) is 0 Å². The largest absolute Gasteiger partial charge is 0.331 e. The molecule has 0 bridgehead atoms. The van der Waals surface area contributed by atoms with Crippen molar-refractivity contribution in [3.63, 3.8) is 0 Å². The summed E-state index contributed by atoms with van der Waals surface area (Å²) in [4.78, 5) is 4.46. The minimum absolute atomic E-state index is 0.462. The maximum Gasteiger partial charge on any atom is 0.139 e. The second-order valence-electron chi connectivity index (χ2n) is 4.08. The van der Waals surface area contributed by atoms with Gasteiger partial charge in [0.15, 0.2) is 0 Å². The van der Waals surface area contributed by atoms with E-state index in [0.29, 0.717) is 6.04 Å². The lowest BCUT2D eigenvalue weighted by molar-refractivity contribution is 0.523. The Labute approximate surface area is 90.1 Å². The Bertz CT molecular complexity index is 459. The molecule has 0 fully saturated rings. The molecule has 0 radical (unpaired) electrons. The highest BCUT2D eigenvalue weighted by atomic mass is 15.1. The van der Waals surface area contributed by atoms with Crippen LogP contribution in [0.3, 0.4) is 0 Å². The van der Waals surface area contributed by atoms with Gasteiger partial charge in [-0.1, -0.05) is 0 Å². The number of nitrogens with zero attached hydrogens (tertiary/aromatic N) is 2. The molecule has 0 aliphatic rings. The van der Waals surface area contributed by atoms with Crippen molar-refractivity contribution in [1.82, 2.24) is 14.9 Å². The fraction of sp³-hybridized carbons (Fsp3) is 0.417. The first-order chi connectivity index (χ1) is 7.20. The van der Waals surface area contributed by atoms with Crippen LogP contribution in [0.4, 0.5) is 0 Å². The van der Waals surface area contributed by atoms with E-state index in [-0.39, 0.29) is 0 Å². The summed E-state index contributed by atoms with van der Waals surface area (Å²) in [6.07, 6.45) is 4.02. The van der Waals surface area contributed by atoms with E-state index in [9.17, 15) is 0 Å². The summed E-state index contributed by atoms with van der Waals surface area (Å²) in [6, 6.07) is 4.75. The highest BCUT2D eigenvalue weighted by Crippen LogP contribution is 2.14. The van der Waals surface area contributed by atoms with E-state index in [4.69, 9.17) is 0 Å². The zero-order chi connectivity index (χ0) is 10.8. The van der Waals surface area contributed by atoms with Crippen LogP contribution in [0.1, 0.15) is 12.5 Å². The number of rotatable bonds is 3. The fourth-order valence-corrected chi connectivity index (χ4v) is 1.72. The van der Waals surface area contributed by atoms with Crippen LogP contribution >= 0.6 is 0 Å². The molecule has 1 atom stereocenters. The van der Waals surface area contributed by atoms with E-state index in [1.807, 2.05) is 13.2 Å². The normalized spacial score (nSPS) is 13.3. The fourth-order valence-electron chi connectivity index (χ4n) is 1.72. The molecule has 0 saturated heterocycles. The lowest BCUT2D eigenvalue weighted by Crippen LogP contribution is -2.26. The third kappa shape index (κ3) is 2.02. The van der Waals surface area contributed by atoms with E-state index in [0.717, 1.165) is 12.2 Å². The molecule has 80 valence electrons. The number of hydrogen-bond donors (Lipinski definition) is 1. The average molecular weight is 203 g/mol. The number of pyridine rings is 1. The van der Waals surface area contributed by atoms with Gasteiger partial charge in [0, 0.05) is 30.4 Å². The van der Waals surface area contributed by atoms with E-state index in [1.54, 1.807) is 0 Å². The van der Waals surface area contributed by atoms with Gasteiger partial charge in [-0.05, 0) is 38.6 Å². The lowest BCUT2D eigenvalue weighted by atomic mass is 10.2. The SMILES string of the molecule is CN[C@H](C)Cn1ccc2cc(C)cnc21. The molecule has 0 aromatic carbocycles. The van der Waals surface area contributed by atoms with Crippen molar-refractivity contribution in [1.29, 1.82) is 0 Å². The quantitative estimate of drug-likeness (QED) is 0.826. The van der Waals surface area contributed by atoms with Crippen molar-refractivity contribution < 1.29 is 0 Å². The molecular weight excluding hydrogens is 186 g/mol. The minimum Gasteiger partial charge on any atom is -0.331 e. The molecule has 0 amide bonds. The van der Waals surface area contributed by atoms with Gasteiger partial charge in [0.1, 0.15) is 5.65 Å². The molecule has 3 nitrogen and oxygen atoms in total. The zero-order valence-corrected chi connectivity index (χ0v) is 9.49. The van der Waals surface area contributed by atoms with E-state index >= 15 is 0 Å². The number of hydrogen-bond acceptors (Lipinski definition) is 2. The van der Waals surface area contributed by atoms with Crippen LogP contribution in [0.2, 0.25) is 0 Å². The monoisotopic (exact) mass is 203 g/mol. The summed E-state index contributed by atoms with van der Waals surface area (Å²) in [5, 5.41) is 4.45. The lowest BCUT2D eigenvalue weighted by Gasteiger charge is -2.11. The number of aromatic nitrogens is 2. The summed E-state index contributed by atoms with van der Waals surface area (Å²) in [6.45, 7) is 5.19. The number of likely N-dealkylation sites (N-methyl/N-ethyl adjacent to an activating group) is 1. The van der Waals surface area contributed by atoms with Crippen molar-refractivity contribution in [3.05, 3.63) is 30.1 Å². The summed E-state index contributed by atoms with van der Waals surface area (Å²) in [7, 11) is 1.98. The molecule has 0 unspecified atom stereocenters. The van der Waals surface area contributed by atoms with Crippen molar-refractivity contribution in [3.8, 4) is 0 Å². The topological polar surface area (TPSA) is 29.9 Å². The van der Waals surface area contributed by atoms with Crippen molar-refractivity contribution >= 4 is 11.0 Å². The van der Waals surface area contributed by atoms with E-state index in [2.05, 4.69) is 47.0 Å². The summed E-state index contributed by atoms with van der Waals surface area (Å²) < 4.78 is 2.19. The summed E-state index contributed by atoms with van der Waals surface area (Å²) in [5.41, 5.74) is 2.28. The van der Waals surface area contributed by atoms with Crippen LogP contribution in [0.25, 0.3) is 11.0 Å².